The van der Waals surface area contributed by atoms with Crippen molar-refractivity contribution in [3.05, 3.63) is 11.1 Å². The van der Waals surface area contributed by atoms with Gasteiger partial charge in [0.15, 0.2) is 5.13 Å². The molecule has 1 aliphatic rings. The molecule has 0 bridgehead atoms. The minimum absolute atomic E-state index is 0.915. The summed E-state index contributed by atoms with van der Waals surface area (Å²) in [6, 6.07) is 0. The molecule has 2 rings (SSSR count). The van der Waals surface area contributed by atoms with Crippen LogP contribution in [0.3, 0.4) is 0 Å². The van der Waals surface area contributed by atoms with Gasteiger partial charge in [0.1, 0.15) is 0 Å². The van der Waals surface area contributed by atoms with Gasteiger partial charge in [-0.05, 0) is 32.2 Å². The fourth-order valence-corrected chi connectivity index (χ4v) is 2.88. The van der Waals surface area contributed by atoms with Crippen LogP contribution in [0.4, 0.5) is 5.13 Å². The summed E-state index contributed by atoms with van der Waals surface area (Å²) in [5.41, 5.74) is 1.19. The van der Waals surface area contributed by atoms with Crippen LogP contribution >= 0.6 is 11.3 Å². The summed E-state index contributed by atoms with van der Waals surface area (Å²) >= 11 is 1.79. The molecule has 4 heteroatoms. The zero-order valence-electron chi connectivity index (χ0n) is 10.0. The monoisotopic (exact) mass is 239 g/mol. The molecule has 0 saturated carbocycles. The fourth-order valence-electron chi connectivity index (χ4n) is 2.00. The Labute approximate surface area is 102 Å². The lowest BCUT2D eigenvalue weighted by Crippen LogP contribution is -2.29. The first-order chi connectivity index (χ1) is 7.90. The van der Waals surface area contributed by atoms with E-state index in [2.05, 4.69) is 27.5 Å². The van der Waals surface area contributed by atoms with Crippen molar-refractivity contribution in [1.82, 2.24) is 10.3 Å². The number of thiazole rings is 1. The molecule has 0 aromatic carbocycles. The van der Waals surface area contributed by atoms with Crippen molar-refractivity contribution in [2.75, 3.05) is 24.5 Å². The molecule has 1 fully saturated rings. The number of anilines is 1. The number of rotatable bonds is 5. The zero-order valence-corrected chi connectivity index (χ0v) is 10.9. The van der Waals surface area contributed by atoms with Gasteiger partial charge in [0, 0.05) is 25.0 Å². The zero-order chi connectivity index (χ0) is 11.2. The Balaban J connectivity index is 1.85. The second kappa shape index (κ2) is 6.21. The number of nitrogens with one attached hydrogen (secondary N) is 1. The number of aromatic nitrogens is 1. The summed E-state index contributed by atoms with van der Waals surface area (Å²) in [5.74, 6) is 0. The van der Waals surface area contributed by atoms with Crippen LogP contribution in [-0.4, -0.2) is 24.6 Å². The quantitative estimate of drug-likeness (QED) is 0.801. The molecular weight excluding hydrogens is 218 g/mol. The van der Waals surface area contributed by atoms with Gasteiger partial charge in [-0.2, -0.15) is 0 Å². The van der Waals surface area contributed by atoms with Gasteiger partial charge in [0.25, 0.3) is 0 Å². The number of nitrogens with zero attached hydrogens (tertiary/aromatic N) is 2. The second-order valence-electron chi connectivity index (χ2n) is 4.35. The Kier molecular flexibility index (Phi) is 4.60. The van der Waals surface area contributed by atoms with Crippen molar-refractivity contribution in [3.63, 3.8) is 0 Å². The Morgan fingerprint density at radius 1 is 1.38 bits per heavy atom. The van der Waals surface area contributed by atoms with Gasteiger partial charge < -0.3 is 10.2 Å². The summed E-state index contributed by atoms with van der Waals surface area (Å²) in [7, 11) is 0. The van der Waals surface area contributed by atoms with E-state index in [1.165, 1.54) is 49.6 Å². The average Bonchev–Trinajstić information content (AvgIpc) is 2.79. The van der Waals surface area contributed by atoms with Crippen LogP contribution in [0, 0.1) is 0 Å². The smallest absolute Gasteiger partial charge is 0.185 e. The van der Waals surface area contributed by atoms with Gasteiger partial charge in [0.2, 0.25) is 0 Å². The van der Waals surface area contributed by atoms with Gasteiger partial charge in [0.05, 0.1) is 5.69 Å². The van der Waals surface area contributed by atoms with Crippen LogP contribution in [0.1, 0.15) is 38.3 Å². The molecule has 1 aliphatic heterocycles. The van der Waals surface area contributed by atoms with Gasteiger partial charge in [-0.3, -0.25) is 0 Å². The van der Waals surface area contributed by atoms with E-state index >= 15 is 0 Å². The predicted octanol–water partition coefficient (Wildman–Crippen LogP) is 2.63. The molecule has 0 amide bonds. The SMILES string of the molecule is CCCNCc1csc(N2CCCCC2)n1. The molecule has 1 aromatic rings. The van der Waals surface area contributed by atoms with Crippen molar-refractivity contribution >= 4 is 16.5 Å². The first-order valence-electron chi connectivity index (χ1n) is 6.30. The van der Waals surface area contributed by atoms with E-state index in [1.54, 1.807) is 11.3 Å². The molecule has 0 unspecified atom stereocenters. The first-order valence-corrected chi connectivity index (χ1v) is 7.18. The average molecular weight is 239 g/mol. The molecule has 0 aliphatic carbocycles. The van der Waals surface area contributed by atoms with Crippen LogP contribution in [0.15, 0.2) is 5.38 Å². The standard InChI is InChI=1S/C12H21N3S/c1-2-6-13-9-11-10-16-12(14-11)15-7-4-3-5-8-15/h10,13H,2-9H2,1H3. The number of piperidine rings is 1. The molecule has 16 heavy (non-hydrogen) atoms. The van der Waals surface area contributed by atoms with Crippen molar-refractivity contribution in [1.29, 1.82) is 0 Å². The molecule has 2 heterocycles. The minimum atomic E-state index is 0.915. The molecule has 1 N–H and O–H groups in total. The molecule has 0 atom stereocenters. The van der Waals surface area contributed by atoms with Crippen LogP contribution in [0.25, 0.3) is 0 Å². The highest BCUT2D eigenvalue weighted by atomic mass is 32.1. The number of hydrogen-bond donors (Lipinski definition) is 1. The lowest BCUT2D eigenvalue weighted by atomic mass is 10.1. The predicted molar refractivity (Wildman–Crippen MR) is 70.2 cm³/mol. The van der Waals surface area contributed by atoms with Crippen molar-refractivity contribution in [2.45, 2.75) is 39.2 Å². The summed E-state index contributed by atoms with van der Waals surface area (Å²) < 4.78 is 0. The highest BCUT2D eigenvalue weighted by molar-refractivity contribution is 7.13. The summed E-state index contributed by atoms with van der Waals surface area (Å²) in [6.45, 7) is 6.56. The second-order valence-corrected chi connectivity index (χ2v) is 5.18. The molecule has 1 aromatic heterocycles. The third-order valence-corrected chi connectivity index (χ3v) is 3.85. The van der Waals surface area contributed by atoms with Crippen molar-refractivity contribution in [3.8, 4) is 0 Å². The Hall–Kier alpha value is -0.610. The van der Waals surface area contributed by atoms with Crippen LogP contribution in [-0.2, 0) is 6.54 Å². The van der Waals surface area contributed by atoms with E-state index in [0.717, 1.165) is 13.1 Å². The highest BCUT2D eigenvalue weighted by Gasteiger charge is 2.13. The van der Waals surface area contributed by atoms with E-state index < -0.39 is 0 Å². The van der Waals surface area contributed by atoms with Gasteiger partial charge in [-0.15, -0.1) is 11.3 Å². The number of hydrogen-bond acceptors (Lipinski definition) is 4. The van der Waals surface area contributed by atoms with Gasteiger partial charge in [-0.1, -0.05) is 6.92 Å². The van der Waals surface area contributed by atoms with E-state index in [-0.39, 0.29) is 0 Å². The van der Waals surface area contributed by atoms with Crippen molar-refractivity contribution < 1.29 is 0 Å². The van der Waals surface area contributed by atoms with Gasteiger partial charge >= 0.3 is 0 Å². The first kappa shape index (κ1) is 11.9. The summed E-state index contributed by atoms with van der Waals surface area (Å²) in [5, 5.41) is 6.80. The summed E-state index contributed by atoms with van der Waals surface area (Å²) in [6.07, 6.45) is 5.21. The largest absolute Gasteiger partial charge is 0.348 e. The lowest BCUT2D eigenvalue weighted by Gasteiger charge is -2.25. The normalized spacial score (nSPS) is 16.7. The third-order valence-electron chi connectivity index (χ3n) is 2.90. The highest BCUT2D eigenvalue weighted by Crippen LogP contribution is 2.23. The van der Waals surface area contributed by atoms with Crippen LogP contribution in [0.5, 0.6) is 0 Å². The Bertz CT molecular complexity index is 305. The molecule has 0 spiro atoms. The van der Waals surface area contributed by atoms with E-state index in [1.807, 2.05) is 0 Å². The molecule has 0 radical (unpaired) electrons. The molecule has 90 valence electrons. The topological polar surface area (TPSA) is 28.2 Å². The lowest BCUT2D eigenvalue weighted by molar-refractivity contribution is 0.575. The summed E-state index contributed by atoms with van der Waals surface area (Å²) in [4.78, 5) is 7.12. The fraction of sp³-hybridized carbons (Fsp3) is 0.750. The maximum absolute atomic E-state index is 4.69. The van der Waals surface area contributed by atoms with Crippen LogP contribution < -0.4 is 10.2 Å². The maximum Gasteiger partial charge on any atom is 0.185 e. The van der Waals surface area contributed by atoms with Crippen molar-refractivity contribution in [2.24, 2.45) is 0 Å². The van der Waals surface area contributed by atoms with Crippen LogP contribution in [0.2, 0.25) is 0 Å². The van der Waals surface area contributed by atoms with E-state index in [4.69, 9.17) is 0 Å². The van der Waals surface area contributed by atoms with E-state index in [0.29, 0.717) is 0 Å². The Morgan fingerprint density at radius 3 is 2.94 bits per heavy atom. The molecular formula is C12H21N3S. The Morgan fingerprint density at radius 2 is 2.19 bits per heavy atom. The maximum atomic E-state index is 4.69. The molecule has 3 nitrogen and oxygen atoms in total. The molecule has 1 saturated heterocycles. The third kappa shape index (κ3) is 3.19. The van der Waals surface area contributed by atoms with Gasteiger partial charge in [-0.25, -0.2) is 4.98 Å². The van der Waals surface area contributed by atoms with E-state index in [9.17, 15) is 0 Å². The minimum Gasteiger partial charge on any atom is -0.348 e.